The Morgan fingerprint density at radius 3 is 2.12 bits per heavy atom. The highest BCUT2D eigenvalue weighted by atomic mass is 16.2. The monoisotopic (exact) mass is 561 g/mol. The van der Waals surface area contributed by atoms with Gasteiger partial charge in [0.2, 0.25) is 0 Å². The summed E-state index contributed by atoms with van der Waals surface area (Å²) < 4.78 is 0. The first-order valence-electron chi connectivity index (χ1n) is 14.9. The third kappa shape index (κ3) is 6.47. The van der Waals surface area contributed by atoms with E-state index in [1.807, 2.05) is 36.5 Å². The number of aromatic nitrogens is 1. The quantitative estimate of drug-likeness (QED) is 0.178. The number of pyridine rings is 1. The average Bonchev–Trinajstić information content (AvgIpc) is 3.04. The molecule has 0 bridgehead atoms. The van der Waals surface area contributed by atoms with E-state index in [1.54, 1.807) is 6.20 Å². The number of allylic oxidation sites excluding steroid dienone is 2. The van der Waals surface area contributed by atoms with E-state index in [9.17, 15) is 9.59 Å². The van der Waals surface area contributed by atoms with Crippen LogP contribution < -0.4 is 0 Å². The number of ketones is 2. The Bertz CT molecular complexity index is 1770. The van der Waals surface area contributed by atoms with Crippen LogP contribution in [-0.4, -0.2) is 16.6 Å². The zero-order valence-corrected chi connectivity index (χ0v) is 24.7. The summed E-state index contributed by atoms with van der Waals surface area (Å²) in [5.74, 6) is -1.06. The highest BCUT2D eigenvalue weighted by Gasteiger charge is 2.38. The number of carbonyl (C=O) groups excluding carboxylic acids is 2. The molecule has 0 saturated heterocycles. The van der Waals surface area contributed by atoms with Crippen LogP contribution in [0.2, 0.25) is 0 Å². The fourth-order valence-corrected chi connectivity index (χ4v) is 6.06. The summed E-state index contributed by atoms with van der Waals surface area (Å²) in [4.78, 5) is 31.9. The molecule has 0 radical (unpaired) electrons. The maximum absolute atomic E-state index is 13.9. The van der Waals surface area contributed by atoms with Crippen molar-refractivity contribution in [1.29, 1.82) is 0 Å². The van der Waals surface area contributed by atoms with Gasteiger partial charge in [-0.05, 0) is 82.0 Å². The highest BCUT2D eigenvalue weighted by molar-refractivity contribution is 6.09. The van der Waals surface area contributed by atoms with Crippen LogP contribution in [-0.2, 0) is 22.4 Å². The summed E-state index contributed by atoms with van der Waals surface area (Å²) in [6.45, 7) is 4.13. The zero-order valence-electron chi connectivity index (χ0n) is 24.7. The van der Waals surface area contributed by atoms with E-state index < -0.39 is 5.92 Å². The van der Waals surface area contributed by atoms with Gasteiger partial charge in [-0.3, -0.25) is 14.6 Å². The van der Waals surface area contributed by atoms with Crippen LogP contribution in [0.4, 0.5) is 0 Å². The number of hydrogen-bond donors (Lipinski definition) is 0. The van der Waals surface area contributed by atoms with Crippen LogP contribution in [0.15, 0.2) is 128 Å². The second-order valence-corrected chi connectivity index (χ2v) is 11.6. The number of rotatable bonds is 8. The Labute approximate surface area is 254 Å². The van der Waals surface area contributed by atoms with Gasteiger partial charge >= 0.3 is 0 Å². The Morgan fingerprint density at radius 1 is 0.721 bits per heavy atom. The maximum atomic E-state index is 13.9. The molecule has 5 aromatic rings. The second-order valence-electron chi connectivity index (χ2n) is 11.6. The fraction of sp³-hybridized carbons (Fsp3) is 0.175. The lowest BCUT2D eigenvalue weighted by Gasteiger charge is -2.29. The van der Waals surface area contributed by atoms with Crippen molar-refractivity contribution in [2.24, 2.45) is 5.92 Å². The molecule has 1 aliphatic rings. The molecule has 212 valence electrons. The van der Waals surface area contributed by atoms with E-state index in [1.165, 1.54) is 5.56 Å². The molecule has 1 heterocycles. The predicted molar refractivity (Wildman–Crippen MR) is 174 cm³/mol. The molecule has 0 spiro atoms. The Hall–Kier alpha value is -4.89. The average molecular weight is 562 g/mol. The fourth-order valence-electron chi connectivity index (χ4n) is 6.06. The standard InChI is InChI=1S/C40H35NO2/c1-27-10-11-30(21-28(27)2)23-38(42)40-37(35-14-12-29(13-15-35)22-31-7-6-20-41-26-31)24-36(25-39(40)43)34-18-16-33(17-19-34)32-8-4-3-5-9-32/h3-21,24,26,37,40H,22-23,25H2,1-2H3/t37?,40-/m0/s1. The lowest BCUT2D eigenvalue weighted by atomic mass is 9.72. The Morgan fingerprint density at radius 2 is 1.42 bits per heavy atom. The molecule has 3 nitrogen and oxygen atoms in total. The van der Waals surface area contributed by atoms with Crippen LogP contribution in [0.5, 0.6) is 0 Å². The van der Waals surface area contributed by atoms with Crippen molar-refractivity contribution in [2.45, 2.75) is 39.0 Å². The summed E-state index contributed by atoms with van der Waals surface area (Å²) >= 11 is 0. The first kappa shape index (κ1) is 28.2. The molecular weight excluding hydrogens is 526 g/mol. The number of nitrogens with zero attached hydrogens (tertiary/aromatic N) is 1. The number of Topliss-reactive ketones (excluding diaryl/α,β-unsaturated/α-hetero) is 2. The van der Waals surface area contributed by atoms with Crippen molar-refractivity contribution >= 4 is 17.1 Å². The molecule has 6 rings (SSSR count). The van der Waals surface area contributed by atoms with Crippen molar-refractivity contribution in [3.05, 3.63) is 167 Å². The molecule has 1 aliphatic carbocycles. The SMILES string of the molecule is Cc1ccc(CC(=O)[C@H]2C(=O)CC(c3ccc(-c4ccccc4)cc3)=CC2c2ccc(Cc3cccnc3)cc2)cc1C. The van der Waals surface area contributed by atoms with Gasteiger partial charge in [-0.15, -0.1) is 0 Å². The molecule has 2 atom stereocenters. The summed E-state index contributed by atoms with van der Waals surface area (Å²) in [5.41, 5.74) is 10.9. The molecule has 0 N–H and O–H groups in total. The van der Waals surface area contributed by atoms with Gasteiger partial charge in [0.1, 0.15) is 11.6 Å². The van der Waals surface area contributed by atoms with E-state index in [0.29, 0.717) is 0 Å². The predicted octanol–water partition coefficient (Wildman–Crippen LogP) is 8.52. The Kier molecular flexibility index (Phi) is 8.24. The molecule has 4 aromatic carbocycles. The summed E-state index contributed by atoms with van der Waals surface area (Å²) in [5, 5.41) is 0. The molecule has 0 aliphatic heterocycles. The van der Waals surface area contributed by atoms with Crippen molar-refractivity contribution in [2.75, 3.05) is 0 Å². The molecule has 0 fully saturated rings. The molecule has 1 aromatic heterocycles. The van der Waals surface area contributed by atoms with Gasteiger partial charge in [0, 0.05) is 31.2 Å². The van der Waals surface area contributed by atoms with Crippen molar-refractivity contribution in [3.63, 3.8) is 0 Å². The molecule has 1 unspecified atom stereocenters. The maximum Gasteiger partial charge on any atom is 0.148 e. The zero-order chi connectivity index (χ0) is 29.8. The summed E-state index contributed by atoms with van der Waals surface area (Å²) in [7, 11) is 0. The number of carbonyl (C=O) groups is 2. The molecule has 43 heavy (non-hydrogen) atoms. The number of benzene rings is 4. The smallest absolute Gasteiger partial charge is 0.148 e. The normalized spacial score (nSPS) is 16.5. The first-order valence-corrected chi connectivity index (χ1v) is 14.9. The highest BCUT2D eigenvalue weighted by Crippen LogP contribution is 2.39. The minimum absolute atomic E-state index is 0.0112. The second kappa shape index (κ2) is 12.5. The summed E-state index contributed by atoms with van der Waals surface area (Å²) in [6, 6.07) is 37.2. The van der Waals surface area contributed by atoms with Gasteiger partial charge in [-0.1, -0.05) is 109 Å². The van der Waals surface area contributed by atoms with Gasteiger partial charge in [-0.25, -0.2) is 0 Å². The van der Waals surface area contributed by atoms with Crippen molar-refractivity contribution < 1.29 is 9.59 Å². The topological polar surface area (TPSA) is 47.0 Å². The Balaban J connectivity index is 1.32. The van der Waals surface area contributed by atoms with Gasteiger partial charge in [0.15, 0.2) is 0 Å². The van der Waals surface area contributed by atoms with E-state index in [-0.39, 0.29) is 30.3 Å². The van der Waals surface area contributed by atoms with Crippen LogP contribution in [0.1, 0.15) is 51.3 Å². The summed E-state index contributed by atoms with van der Waals surface area (Å²) in [6.07, 6.45) is 7.11. The molecule has 0 amide bonds. The minimum Gasteiger partial charge on any atom is -0.298 e. The minimum atomic E-state index is -0.710. The molecule has 0 saturated carbocycles. The van der Waals surface area contributed by atoms with Crippen molar-refractivity contribution in [3.8, 4) is 11.1 Å². The van der Waals surface area contributed by atoms with E-state index in [4.69, 9.17) is 0 Å². The van der Waals surface area contributed by atoms with Gasteiger partial charge in [0.25, 0.3) is 0 Å². The third-order valence-electron chi connectivity index (χ3n) is 8.61. The largest absolute Gasteiger partial charge is 0.298 e. The van der Waals surface area contributed by atoms with Crippen LogP contribution >= 0.6 is 0 Å². The molecular formula is C40H35NO2. The van der Waals surface area contributed by atoms with Crippen LogP contribution in [0.25, 0.3) is 16.7 Å². The number of aryl methyl sites for hydroxylation is 2. The first-order chi connectivity index (χ1) is 20.9. The lowest BCUT2D eigenvalue weighted by molar-refractivity contribution is -0.132. The molecule has 3 heteroatoms. The van der Waals surface area contributed by atoms with Crippen LogP contribution in [0, 0.1) is 19.8 Å². The lowest BCUT2D eigenvalue weighted by Crippen LogP contribution is -2.33. The van der Waals surface area contributed by atoms with Crippen molar-refractivity contribution in [1.82, 2.24) is 4.98 Å². The third-order valence-corrected chi connectivity index (χ3v) is 8.61. The van der Waals surface area contributed by atoms with E-state index >= 15 is 0 Å². The number of hydrogen-bond acceptors (Lipinski definition) is 3. The van der Waals surface area contributed by atoms with E-state index in [2.05, 4.69) is 104 Å². The van der Waals surface area contributed by atoms with Gasteiger partial charge < -0.3 is 0 Å². The van der Waals surface area contributed by atoms with E-state index in [0.717, 1.165) is 56.5 Å². The van der Waals surface area contributed by atoms with Gasteiger partial charge in [0.05, 0.1) is 5.92 Å². The van der Waals surface area contributed by atoms with Crippen LogP contribution in [0.3, 0.4) is 0 Å². The van der Waals surface area contributed by atoms with Gasteiger partial charge in [-0.2, -0.15) is 0 Å².